The summed E-state index contributed by atoms with van der Waals surface area (Å²) in [5.41, 5.74) is 0.465. The van der Waals surface area contributed by atoms with E-state index in [1.165, 1.54) is 37.3 Å². The van der Waals surface area contributed by atoms with Gasteiger partial charge in [0.2, 0.25) is 5.75 Å². The number of rotatable bonds is 4. The van der Waals surface area contributed by atoms with E-state index in [-0.39, 0.29) is 22.7 Å². The first-order valence-electron chi connectivity index (χ1n) is 6.29. The Hall–Kier alpha value is -2.47. The molecular weight excluding hydrogens is 277 g/mol. The van der Waals surface area contributed by atoms with Gasteiger partial charge in [-0.05, 0) is 37.6 Å². The number of aliphatic hydroxyl groups is 1. The minimum atomic E-state index is -1.09. The molecule has 21 heavy (non-hydrogen) atoms. The Morgan fingerprint density at radius 3 is 2.62 bits per heavy atom. The summed E-state index contributed by atoms with van der Waals surface area (Å²) in [6.07, 6.45) is -1.09. The lowest BCUT2D eigenvalue weighted by Gasteiger charge is -2.14. The van der Waals surface area contributed by atoms with E-state index in [9.17, 15) is 19.6 Å². The van der Waals surface area contributed by atoms with Gasteiger partial charge in [0, 0.05) is 6.07 Å². The van der Waals surface area contributed by atoms with Crippen molar-refractivity contribution in [3.8, 4) is 11.5 Å². The van der Waals surface area contributed by atoms with Crippen LogP contribution >= 0.6 is 0 Å². The molecule has 1 N–H and O–H groups in total. The van der Waals surface area contributed by atoms with Crippen molar-refractivity contribution >= 4 is 5.69 Å². The maximum absolute atomic E-state index is 13.8. The largest absolute Gasteiger partial charge is 0.450 e. The lowest BCUT2D eigenvalue weighted by Crippen LogP contribution is -2.01. The zero-order chi connectivity index (χ0) is 15.6. The maximum Gasteiger partial charge on any atom is 0.311 e. The monoisotopic (exact) mass is 291 g/mol. The number of hydrogen-bond acceptors (Lipinski definition) is 4. The van der Waals surface area contributed by atoms with E-state index in [4.69, 9.17) is 4.74 Å². The number of nitro benzene ring substituents is 1. The molecule has 0 bridgehead atoms. The molecule has 1 unspecified atom stereocenters. The number of nitrogens with zero attached hydrogens (tertiary/aromatic N) is 1. The van der Waals surface area contributed by atoms with Crippen LogP contribution in [-0.4, -0.2) is 10.0 Å². The molecule has 5 nitrogen and oxygen atoms in total. The highest BCUT2D eigenvalue weighted by Gasteiger charge is 2.20. The fourth-order valence-electron chi connectivity index (χ4n) is 1.99. The molecule has 1 atom stereocenters. The van der Waals surface area contributed by atoms with Crippen LogP contribution in [0.15, 0.2) is 36.4 Å². The second-order valence-corrected chi connectivity index (χ2v) is 4.66. The van der Waals surface area contributed by atoms with Gasteiger partial charge in [0.05, 0.1) is 16.6 Å². The molecule has 0 aliphatic carbocycles. The quantitative estimate of drug-likeness (QED) is 0.685. The highest BCUT2D eigenvalue weighted by molar-refractivity contribution is 5.51. The van der Waals surface area contributed by atoms with Crippen molar-refractivity contribution in [2.24, 2.45) is 0 Å². The average Bonchev–Trinajstić information content (AvgIpc) is 2.40. The molecule has 0 saturated heterocycles. The maximum atomic E-state index is 13.8. The molecule has 0 heterocycles. The third kappa shape index (κ3) is 3.17. The number of benzene rings is 2. The van der Waals surface area contributed by atoms with E-state index < -0.39 is 16.8 Å². The lowest BCUT2D eigenvalue weighted by atomic mass is 10.1. The van der Waals surface area contributed by atoms with Crippen LogP contribution < -0.4 is 4.74 Å². The number of nitro groups is 1. The molecule has 0 amide bonds. The third-order valence-corrected chi connectivity index (χ3v) is 2.96. The minimum absolute atomic E-state index is 0.00176. The number of aliphatic hydroxyl groups excluding tert-OH is 1. The van der Waals surface area contributed by atoms with E-state index in [0.29, 0.717) is 5.56 Å². The first kappa shape index (κ1) is 14.9. The van der Waals surface area contributed by atoms with Gasteiger partial charge in [0.1, 0.15) is 11.6 Å². The first-order valence-corrected chi connectivity index (χ1v) is 6.29. The Bertz CT molecular complexity index is 685. The molecule has 6 heteroatoms. The lowest BCUT2D eigenvalue weighted by molar-refractivity contribution is -0.385. The van der Waals surface area contributed by atoms with Gasteiger partial charge >= 0.3 is 5.69 Å². The van der Waals surface area contributed by atoms with Crippen molar-refractivity contribution in [1.29, 1.82) is 0 Å². The van der Waals surface area contributed by atoms with E-state index in [1.54, 1.807) is 13.0 Å². The molecule has 0 radical (unpaired) electrons. The van der Waals surface area contributed by atoms with Crippen molar-refractivity contribution in [3.63, 3.8) is 0 Å². The summed E-state index contributed by atoms with van der Waals surface area (Å²) in [5, 5.41) is 20.7. The van der Waals surface area contributed by atoms with Crippen LogP contribution in [0.1, 0.15) is 24.2 Å². The topological polar surface area (TPSA) is 72.6 Å². The minimum Gasteiger partial charge on any atom is -0.450 e. The fourth-order valence-corrected chi connectivity index (χ4v) is 1.99. The standard InChI is InChI=1S/C15H14FNO4/c1-9-6-7-13(12(8-9)17(19)20)21-14-5-3-4-11(16)15(14)10(2)18/h3-8,10,18H,1-2H3. The third-order valence-electron chi connectivity index (χ3n) is 2.96. The second-order valence-electron chi connectivity index (χ2n) is 4.66. The van der Waals surface area contributed by atoms with Crippen molar-refractivity contribution in [2.45, 2.75) is 20.0 Å². The van der Waals surface area contributed by atoms with Gasteiger partial charge in [0.25, 0.3) is 0 Å². The van der Waals surface area contributed by atoms with Crippen molar-refractivity contribution in [1.82, 2.24) is 0 Å². The van der Waals surface area contributed by atoms with Crippen LogP contribution in [0.3, 0.4) is 0 Å². The molecule has 2 aromatic carbocycles. The molecule has 0 aromatic heterocycles. The molecule has 0 saturated carbocycles. The SMILES string of the molecule is Cc1ccc(Oc2cccc(F)c2C(C)O)c([N+](=O)[O-])c1. The molecule has 2 rings (SSSR count). The number of halogens is 1. The average molecular weight is 291 g/mol. The predicted octanol–water partition coefficient (Wildman–Crippen LogP) is 3.89. The first-order chi connectivity index (χ1) is 9.90. The van der Waals surface area contributed by atoms with Crippen molar-refractivity contribution in [2.75, 3.05) is 0 Å². The molecule has 0 aliphatic rings. The summed E-state index contributed by atoms with van der Waals surface area (Å²) in [4.78, 5) is 10.5. The molecular formula is C15H14FNO4. The van der Waals surface area contributed by atoms with E-state index in [2.05, 4.69) is 0 Å². The Kier molecular flexibility index (Phi) is 4.18. The van der Waals surface area contributed by atoms with Gasteiger partial charge < -0.3 is 9.84 Å². The van der Waals surface area contributed by atoms with Gasteiger partial charge in [-0.1, -0.05) is 12.1 Å². The Morgan fingerprint density at radius 1 is 1.29 bits per heavy atom. The summed E-state index contributed by atoms with van der Waals surface area (Å²) in [6, 6.07) is 8.54. The second kappa shape index (κ2) is 5.88. The Balaban J connectivity index is 2.49. The zero-order valence-electron chi connectivity index (χ0n) is 11.5. The number of hydrogen-bond donors (Lipinski definition) is 1. The number of ether oxygens (including phenoxy) is 1. The predicted molar refractivity (Wildman–Crippen MR) is 74.9 cm³/mol. The van der Waals surface area contributed by atoms with Crippen molar-refractivity contribution in [3.05, 3.63) is 63.5 Å². The van der Waals surface area contributed by atoms with Gasteiger partial charge in [0.15, 0.2) is 0 Å². The van der Waals surface area contributed by atoms with Gasteiger partial charge in [-0.25, -0.2) is 4.39 Å². The molecule has 0 spiro atoms. The molecule has 0 fully saturated rings. The van der Waals surface area contributed by atoms with E-state index in [1.807, 2.05) is 0 Å². The summed E-state index contributed by atoms with van der Waals surface area (Å²) in [5.74, 6) is -0.577. The molecule has 0 aliphatic heterocycles. The van der Waals surface area contributed by atoms with Crippen LogP contribution in [0.2, 0.25) is 0 Å². The summed E-state index contributed by atoms with van der Waals surface area (Å²) < 4.78 is 19.2. The van der Waals surface area contributed by atoms with Gasteiger partial charge in [-0.3, -0.25) is 10.1 Å². The van der Waals surface area contributed by atoms with Crippen LogP contribution in [0.25, 0.3) is 0 Å². The summed E-state index contributed by atoms with van der Waals surface area (Å²) in [7, 11) is 0. The van der Waals surface area contributed by atoms with Crippen LogP contribution in [0.4, 0.5) is 10.1 Å². The Morgan fingerprint density at radius 2 is 2.00 bits per heavy atom. The zero-order valence-corrected chi connectivity index (χ0v) is 11.5. The fraction of sp³-hybridized carbons (Fsp3) is 0.200. The van der Waals surface area contributed by atoms with Crippen LogP contribution in [0, 0.1) is 22.9 Å². The van der Waals surface area contributed by atoms with Gasteiger partial charge in [-0.2, -0.15) is 0 Å². The molecule has 110 valence electrons. The normalized spacial score (nSPS) is 12.0. The van der Waals surface area contributed by atoms with Crippen molar-refractivity contribution < 1.29 is 19.2 Å². The van der Waals surface area contributed by atoms with Crippen LogP contribution in [0.5, 0.6) is 11.5 Å². The smallest absolute Gasteiger partial charge is 0.311 e. The highest BCUT2D eigenvalue weighted by Crippen LogP contribution is 2.36. The summed E-state index contributed by atoms with van der Waals surface area (Å²) >= 11 is 0. The van der Waals surface area contributed by atoms with E-state index >= 15 is 0 Å². The molecule has 2 aromatic rings. The highest BCUT2D eigenvalue weighted by atomic mass is 19.1. The Labute approximate surface area is 120 Å². The van der Waals surface area contributed by atoms with Crippen LogP contribution in [-0.2, 0) is 0 Å². The summed E-state index contributed by atoms with van der Waals surface area (Å²) in [6.45, 7) is 3.12. The van der Waals surface area contributed by atoms with Gasteiger partial charge in [-0.15, -0.1) is 0 Å². The number of aryl methyl sites for hydroxylation is 1. The van der Waals surface area contributed by atoms with E-state index in [0.717, 1.165) is 0 Å².